The van der Waals surface area contributed by atoms with Crippen molar-refractivity contribution in [3.05, 3.63) is 77.7 Å². The van der Waals surface area contributed by atoms with Crippen LogP contribution in [0.4, 0.5) is 4.39 Å². The second-order valence-electron chi connectivity index (χ2n) is 7.05. The first-order chi connectivity index (χ1) is 13.5. The average Bonchev–Trinajstić information content (AvgIpc) is 2.70. The molecule has 4 rings (SSSR count). The smallest absolute Gasteiger partial charge is 0.218 e. The maximum atomic E-state index is 13.0. The second-order valence-corrected chi connectivity index (χ2v) is 9.02. The van der Waals surface area contributed by atoms with Gasteiger partial charge in [-0.1, -0.05) is 36.4 Å². The van der Waals surface area contributed by atoms with Crippen molar-refractivity contribution < 1.29 is 12.8 Å². The number of rotatable bonds is 5. The first-order valence-electron chi connectivity index (χ1n) is 9.28. The molecule has 0 unspecified atom stereocenters. The van der Waals surface area contributed by atoms with Gasteiger partial charge in [0.15, 0.2) is 0 Å². The number of para-hydroxylation sites is 1. The van der Waals surface area contributed by atoms with Crippen molar-refractivity contribution in [1.29, 1.82) is 0 Å². The number of hydrogen-bond donors (Lipinski definition) is 0. The van der Waals surface area contributed by atoms with E-state index in [0.29, 0.717) is 31.7 Å². The summed E-state index contributed by atoms with van der Waals surface area (Å²) in [6.45, 7) is 3.02. The SMILES string of the molecule is O=S(=O)(Cc1ccc(F)cc1)N1CCN(Cc2cccc3cccnc23)CC1. The van der Waals surface area contributed by atoms with Crippen molar-refractivity contribution in [1.82, 2.24) is 14.2 Å². The number of nitrogens with zero attached hydrogens (tertiary/aromatic N) is 3. The van der Waals surface area contributed by atoms with E-state index < -0.39 is 10.0 Å². The number of fused-ring (bicyclic) bond motifs is 1. The number of pyridine rings is 1. The highest BCUT2D eigenvalue weighted by Gasteiger charge is 2.27. The number of aromatic nitrogens is 1. The number of piperazine rings is 1. The third kappa shape index (κ3) is 4.22. The minimum absolute atomic E-state index is 0.0967. The van der Waals surface area contributed by atoms with Crippen LogP contribution in [-0.2, 0) is 22.3 Å². The molecule has 2 heterocycles. The maximum Gasteiger partial charge on any atom is 0.218 e. The molecule has 0 saturated carbocycles. The lowest BCUT2D eigenvalue weighted by atomic mass is 10.1. The molecular weight excluding hydrogens is 377 g/mol. The molecular formula is C21H22FN3O2S. The molecule has 0 spiro atoms. The van der Waals surface area contributed by atoms with E-state index in [9.17, 15) is 12.8 Å². The summed E-state index contributed by atoms with van der Waals surface area (Å²) >= 11 is 0. The molecule has 28 heavy (non-hydrogen) atoms. The van der Waals surface area contributed by atoms with E-state index in [1.165, 1.54) is 28.6 Å². The van der Waals surface area contributed by atoms with Gasteiger partial charge in [-0.05, 0) is 29.3 Å². The number of halogens is 1. The van der Waals surface area contributed by atoms with Crippen LogP contribution in [0.15, 0.2) is 60.8 Å². The molecule has 0 N–H and O–H groups in total. The summed E-state index contributed by atoms with van der Waals surface area (Å²) in [7, 11) is -3.41. The fraction of sp³-hybridized carbons (Fsp3) is 0.286. The molecule has 1 fully saturated rings. The van der Waals surface area contributed by atoms with Crippen molar-refractivity contribution in [3.63, 3.8) is 0 Å². The summed E-state index contributed by atoms with van der Waals surface area (Å²) < 4.78 is 39.9. The summed E-state index contributed by atoms with van der Waals surface area (Å²) in [6, 6.07) is 15.8. The van der Waals surface area contributed by atoms with E-state index >= 15 is 0 Å². The van der Waals surface area contributed by atoms with Gasteiger partial charge < -0.3 is 0 Å². The summed E-state index contributed by atoms with van der Waals surface area (Å²) in [6.07, 6.45) is 1.80. The van der Waals surface area contributed by atoms with Gasteiger partial charge in [-0.25, -0.2) is 12.8 Å². The highest BCUT2D eigenvalue weighted by atomic mass is 32.2. The van der Waals surface area contributed by atoms with Crippen molar-refractivity contribution in [2.75, 3.05) is 26.2 Å². The number of benzene rings is 2. The van der Waals surface area contributed by atoms with Crippen molar-refractivity contribution in [2.45, 2.75) is 12.3 Å². The van der Waals surface area contributed by atoms with Gasteiger partial charge in [0.25, 0.3) is 0 Å². The van der Waals surface area contributed by atoms with Gasteiger partial charge in [-0.15, -0.1) is 0 Å². The van der Waals surface area contributed by atoms with Crippen LogP contribution in [0.2, 0.25) is 0 Å². The van der Waals surface area contributed by atoms with Gasteiger partial charge in [0.2, 0.25) is 10.0 Å². The lowest BCUT2D eigenvalue weighted by Gasteiger charge is -2.34. The minimum Gasteiger partial charge on any atom is -0.296 e. The van der Waals surface area contributed by atoms with Crippen LogP contribution in [0, 0.1) is 5.82 Å². The Balaban J connectivity index is 1.39. The van der Waals surface area contributed by atoms with Crippen molar-refractivity contribution in [3.8, 4) is 0 Å². The number of sulfonamides is 1. The summed E-state index contributed by atoms with van der Waals surface area (Å²) in [4.78, 5) is 6.75. The Morgan fingerprint density at radius 2 is 1.64 bits per heavy atom. The molecule has 0 bridgehead atoms. The van der Waals surface area contributed by atoms with Crippen molar-refractivity contribution in [2.24, 2.45) is 0 Å². The highest BCUT2D eigenvalue weighted by Crippen LogP contribution is 2.20. The van der Waals surface area contributed by atoms with Gasteiger partial charge in [0, 0.05) is 44.3 Å². The van der Waals surface area contributed by atoms with Crippen LogP contribution in [-0.4, -0.2) is 48.8 Å². The Morgan fingerprint density at radius 3 is 2.39 bits per heavy atom. The lowest BCUT2D eigenvalue weighted by Crippen LogP contribution is -2.48. The van der Waals surface area contributed by atoms with Gasteiger partial charge in [0.05, 0.1) is 11.3 Å². The van der Waals surface area contributed by atoms with Crippen molar-refractivity contribution >= 4 is 20.9 Å². The van der Waals surface area contributed by atoms with Gasteiger partial charge >= 0.3 is 0 Å². The first-order valence-corrected chi connectivity index (χ1v) is 10.9. The fourth-order valence-corrected chi connectivity index (χ4v) is 5.10. The normalized spacial score (nSPS) is 16.5. The molecule has 7 heteroatoms. The van der Waals surface area contributed by atoms with E-state index in [-0.39, 0.29) is 11.6 Å². The zero-order valence-corrected chi connectivity index (χ0v) is 16.3. The van der Waals surface area contributed by atoms with Crippen LogP contribution < -0.4 is 0 Å². The molecule has 1 aromatic heterocycles. The van der Waals surface area contributed by atoms with Gasteiger partial charge in [-0.3, -0.25) is 9.88 Å². The van der Waals surface area contributed by atoms with Gasteiger partial charge in [0.1, 0.15) is 5.82 Å². The van der Waals surface area contributed by atoms with Crippen LogP contribution in [0.5, 0.6) is 0 Å². The highest BCUT2D eigenvalue weighted by molar-refractivity contribution is 7.88. The quantitative estimate of drug-likeness (QED) is 0.662. The Hall–Kier alpha value is -2.35. The monoisotopic (exact) mass is 399 g/mol. The molecule has 3 aromatic rings. The molecule has 0 atom stereocenters. The lowest BCUT2D eigenvalue weighted by molar-refractivity contribution is 0.182. The first kappa shape index (κ1) is 19.0. The minimum atomic E-state index is -3.41. The third-order valence-corrected chi connectivity index (χ3v) is 6.95. The molecule has 2 aromatic carbocycles. The molecule has 1 aliphatic heterocycles. The van der Waals surface area contributed by atoms with E-state index in [2.05, 4.69) is 16.0 Å². The second kappa shape index (κ2) is 7.95. The molecule has 1 saturated heterocycles. The van der Waals surface area contributed by atoms with Crippen LogP contribution in [0.3, 0.4) is 0 Å². The Morgan fingerprint density at radius 1 is 0.929 bits per heavy atom. The van der Waals surface area contributed by atoms with Crippen LogP contribution in [0.25, 0.3) is 10.9 Å². The van der Waals surface area contributed by atoms with E-state index in [1.54, 1.807) is 6.20 Å². The van der Waals surface area contributed by atoms with E-state index in [4.69, 9.17) is 0 Å². The zero-order valence-electron chi connectivity index (χ0n) is 15.5. The maximum absolute atomic E-state index is 13.0. The Kier molecular flexibility index (Phi) is 5.39. The molecule has 5 nitrogen and oxygen atoms in total. The molecule has 0 aliphatic carbocycles. The predicted molar refractivity (Wildman–Crippen MR) is 108 cm³/mol. The molecule has 1 aliphatic rings. The standard InChI is InChI=1S/C21H22FN3O2S/c22-20-8-6-17(7-9-20)16-28(26,27)25-13-11-24(12-14-25)15-19-4-1-3-18-5-2-10-23-21(18)19/h1-10H,11-16H2. The number of hydrogen-bond acceptors (Lipinski definition) is 4. The van der Waals surface area contributed by atoms with Crippen LogP contribution in [0.1, 0.15) is 11.1 Å². The largest absolute Gasteiger partial charge is 0.296 e. The average molecular weight is 399 g/mol. The Bertz CT molecular complexity index is 1060. The zero-order chi connectivity index (χ0) is 19.6. The predicted octanol–water partition coefficient (Wildman–Crippen LogP) is 3.02. The van der Waals surface area contributed by atoms with Gasteiger partial charge in [-0.2, -0.15) is 4.31 Å². The topological polar surface area (TPSA) is 53.5 Å². The van der Waals surface area contributed by atoms with E-state index in [0.717, 1.165) is 23.0 Å². The summed E-state index contributed by atoms with van der Waals surface area (Å²) in [5.74, 6) is -0.460. The third-order valence-electron chi connectivity index (χ3n) is 5.10. The molecule has 146 valence electrons. The summed E-state index contributed by atoms with van der Waals surface area (Å²) in [5, 5.41) is 1.11. The fourth-order valence-electron chi connectivity index (χ4n) is 3.58. The Labute approximate surface area is 164 Å². The van der Waals surface area contributed by atoms with E-state index in [1.807, 2.05) is 24.3 Å². The summed E-state index contributed by atoms with van der Waals surface area (Å²) in [5.41, 5.74) is 2.75. The molecule has 0 radical (unpaired) electrons. The van der Waals surface area contributed by atoms with Crippen LogP contribution >= 0.6 is 0 Å². The molecule has 0 amide bonds.